The number of hydrogen-bond donors (Lipinski definition) is 1. The van der Waals surface area contributed by atoms with Gasteiger partial charge in [0.15, 0.2) is 0 Å². The summed E-state index contributed by atoms with van der Waals surface area (Å²) < 4.78 is 9.72. The highest BCUT2D eigenvalue weighted by atomic mass is 32.2. The van der Waals surface area contributed by atoms with Crippen molar-refractivity contribution in [3.63, 3.8) is 0 Å². The molecule has 0 spiro atoms. The van der Waals surface area contributed by atoms with Crippen LogP contribution in [0.15, 0.2) is 0 Å². The predicted octanol–water partition coefficient (Wildman–Crippen LogP) is 0.388. The van der Waals surface area contributed by atoms with Crippen molar-refractivity contribution in [2.24, 2.45) is 0 Å². The molecule has 13 heavy (non-hydrogen) atoms. The van der Waals surface area contributed by atoms with Gasteiger partial charge < -0.3 is 14.6 Å². The van der Waals surface area contributed by atoms with Gasteiger partial charge in [-0.15, -0.1) is 11.8 Å². The lowest BCUT2D eigenvalue weighted by Gasteiger charge is -2.20. The molecule has 0 amide bonds. The summed E-state index contributed by atoms with van der Waals surface area (Å²) in [4.78, 5) is 11.3. The highest BCUT2D eigenvalue weighted by Crippen LogP contribution is 2.28. The molecule has 76 valence electrons. The van der Waals surface area contributed by atoms with Crippen LogP contribution in [0.2, 0.25) is 0 Å². The molecule has 0 aromatic carbocycles. The molecular weight excluding hydrogens is 192 g/mol. The first-order valence-corrected chi connectivity index (χ1v) is 5.14. The van der Waals surface area contributed by atoms with Crippen LogP contribution in [-0.4, -0.2) is 41.1 Å². The lowest BCUT2D eigenvalue weighted by molar-refractivity contribution is -0.212. The maximum absolute atomic E-state index is 11.3. The van der Waals surface area contributed by atoms with Crippen LogP contribution in [0.4, 0.5) is 0 Å². The Hall–Kier alpha value is -0.260. The van der Waals surface area contributed by atoms with Gasteiger partial charge >= 0.3 is 5.97 Å². The Labute approximate surface area is 81.6 Å². The van der Waals surface area contributed by atoms with E-state index in [9.17, 15) is 9.90 Å². The average Bonchev–Trinajstić information content (AvgIpc) is 2.20. The van der Waals surface area contributed by atoms with Crippen molar-refractivity contribution in [2.75, 3.05) is 12.9 Å². The summed E-state index contributed by atoms with van der Waals surface area (Å²) in [6.07, 6.45) is -0.193. The largest absolute Gasteiger partial charge is 0.458 e. The molecule has 0 aromatic rings. The third-order valence-electron chi connectivity index (χ3n) is 2.15. The normalized spacial score (nSPS) is 41.1. The van der Waals surface area contributed by atoms with E-state index in [2.05, 4.69) is 0 Å². The number of rotatable bonds is 1. The van der Waals surface area contributed by atoms with Gasteiger partial charge in [0, 0.05) is 12.4 Å². The summed E-state index contributed by atoms with van der Waals surface area (Å²) in [6.45, 7) is 3.75. The van der Waals surface area contributed by atoms with Gasteiger partial charge in [0.25, 0.3) is 5.79 Å². The van der Waals surface area contributed by atoms with E-state index < -0.39 is 11.8 Å². The molecule has 3 unspecified atom stereocenters. The SMILES string of the molecule is COC1(O)CSC(C)C(C)OC1=O. The van der Waals surface area contributed by atoms with E-state index in [0.29, 0.717) is 0 Å². The lowest BCUT2D eigenvalue weighted by Crippen LogP contribution is -2.44. The molecular formula is C8H14O4S. The van der Waals surface area contributed by atoms with Crippen molar-refractivity contribution in [3.05, 3.63) is 0 Å². The molecule has 1 saturated heterocycles. The molecule has 1 aliphatic rings. The number of thioether (sulfide) groups is 1. The van der Waals surface area contributed by atoms with Crippen LogP contribution in [0.1, 0.15) is 13.8 Å². The fourth-order valence-electron chi connectivity index (χ4n) is 0.938. The van der Waals surface area contributed by atoms with E-state index in [1.54, 1.807) is 6.92 Å². The van der Waals surface area contributed by atoms with E-state index in [1.165, 1.54) is 18.9 Å². The van der Waals surface area contributed by atoms with Gasteiger partial charge in [-0.1, -0.05) is 0 Å². The van der Waals surface area contributed by atoms with Crippen LogP contribution in [0.3, 0.4) is 0 Å². The third-order valence-corrected chi connectivity index (χ3v) is 3.62. The van der Waals surface area contributed by atoms with Crippen molar-refractivity contribution in [3.8, 4) is 0 Å². The van der Waals surface area contributed by atoms with Crippen LogP contribution in [0.5, 0.6) is 0 Å². The number of ether oxygens (including phenoxy) is 2. The summed E-state index contributed by atoms with van der Waals surface area (Å²) in [5.41, 5.74) is 0. The van der Waals surface area contributed by atoms with Crippen LogP contribution in [-0.2, 0) is 14.3 Å². The minimum absolute atomic E-state index is 0.174. The Bertz CT molecular complexity index is 208. The lowest BCUT2D eigenvalue weighted by atomic mass is 10.3. The summed E-state index contributed by atoms with van der Waals surface area (Å²) in [5, 5.41) is 9.82. The molecule has 1 rings (SSSR count). The molecule has 3 atom stereocenters. The second kappa shape index (κ2) is 3.86. The van der Waals surface area contributed by atoms with Crippen LogP contribution < -0.4 is 0 Å². The number of carbonyl (C=O) groups is 1. The Morgan fingerprint density at radius 2 is 2.31 bits per heavy atom. The van der Waals surface area contributed by atoms with E-state index in [-0.39, 0.29) is 17.1 Å². The molecule has 0 bridgehead atoms. The summed E-state index contributed by atoms with van der Waals surface area (Å²) in [7, 11) is 1.29. The van der Waals surface area contributed by atoms with Crippen molar-refractivity contribution in [2.45, 2.75) is 31.0 Å². The molecule has 5 heteroatoms. The quantitative estimate of drug-likeness (QED) is 0.497. The zero-order valence-corrected chi connectivity index (χ0v) is 8.76. The van der Waals surface area contributed by atoms with Gasteiger partial charge in [0.1, 0.15) is 6.10 Å². The number of esters is 1. The molecule has 1 fully saturated rings. The second-order valence-electron chi connectivity index (χ2n) is 3.12. The third kappa shape index (κ3) is 2.15. The van der Waals surface area contributed by atoms with Gasteiger partial charge in [-0.2, -0.15) is 0 Å². The highest BCUT2D eigenvalue weighted by molar-refractivity contribution is 8.00. The molecule has 1 N–H and O–H groups in total. The standard InChI is InChI=1S/C8H14O4S/c1-5-6(2)13-4-8(10,11-3)7(9)12-5/h5-6,10H,4H2,1-3H3. The van der Waals surface area contributed by atoms with Crippen LogP contribution in [0.25, 0.3) is 0 Å². The second-order valence-corrected chi connectivity index (χ2v) is 4.48. The maximum Gasteiger partial charge on any atom is 0.367 e. The number of aliphatic hydroxyl groups is 1. The molecule has 0 aliphatic carbocycles. The minimum atomic E-state index is -1.77. The monoisotopic (exact) mass is 206 g/mol. The Morgan fingerprint density at radius 1 is 1.69 bits per heavy atom. The molecule has 0 aromatic heterocycles. The van der Waals surface area contributed by atoms with Gasteiger partial charge in [0.05, 0.1) is 5.75 Å². The van der Waals surface area contributed by atoms with Gasteiger partial charge in [0.2, 0.25) is 0 Å². The Kier molecular flexibility index (Phi) is 3.21. The van der Waals surface area contributed by atoms with Gasteiger partial charge in [-0.05, 0) is 13.8 Å². The van der Waals surface area contributed by atoms with Gasteiger partial charge in [-0.3, -0.25) is 0 Å². The van der Waals surface area contributed by atoms with Crippen LogP contribution in [0, 0.1) is 0 Å². The molecule has 4 nitrogen and oxygen atoms in total. The van der Waals surface area contributed by atoms with Crippen molar-refractivity contribution in [1.82, 2.24) is 0 Å². The first-order chi connectivity index (χ1) is 5.99. The van der Waals surface area contributed by atoms with E-state index in [1.807, 2.05) is 6.92 Å². The summed E-state index contributed by atoms with van der Waals surface area (Å²) in [6, 6.07) is 0. The zero-order valence-electron chi connectivity index (χ0n) is 7.94. The number of cyclic esters (lactones) is 1. The predicted molar refractivity (Wildman–Crippen MR) is 49.4 cm³/mol. The fourth-order valence-corrected chi connectivity index (χ4v) is 1.99. The first-order valence-electron chi connectivity index (χ1n) is 4.10. The van der Waals surface area contributed by atoms with Crippen molar-refractivity contribution in [1.29, 1.82) is 0 Å². The maximum atomic E-state index is 11.3. The molecule has 1 heterocycles. The van der Waals surface area contributed by atoms with E-state index in [0.717, 1.165) is 0 Å². The molecule has 1 aliphatic heterocycles. The summed E-state index contributed by atoms with van der Waals surface area (Å²) >= 11 is 1.46. The zero-order chi connectivity index (χ0) is 10.1. The average molecular weight is 206 g/mol. The number of hydrogen-bond acceptors (Lipinski definition) is 5. The highest BCUT2D eigenvalue weighted by Gasteiger charge is 2.42. The summed E-state index contributed by atoms with van der Waals surface area (Å²) in [5.74, 6) is -2.25. The minimum Gasteiger partial charge on any atom is -0.458 e. The van der Waals surface area contributed by atoms with Gasteiger partial charge in [-0.25, -0.2) is 4.79 Å². The molecule has 0 radical (unpaired) electrons. The van der Waals surface area contributed by atoms with Crippen molar-refractivity contribution >= 4 is 17.7 Å². The smallest absolute Gasteiger partial charge is 0.367 e. The Balaban J connectivity index is 2.77. The Morgan fingerprint density at radius 3 is 2.85 bits per heavy atom. The topological polar surface area (TPSA) is 55.8 Å². The van der Waals surface area contributed by atoms with E-state index >= 15 is 0 Å². The number of methoxy groups -OCH3 is 1. The first kappa shape index (κ1) is 10.8. The van der Waals surface area contributed by atoms with Crippen LogP contribution >= 0.6 is 11.8 Å². The fraction of sp³-hybridized carbons (Fsp3) is 0.875. The van der Waals surface area contributed by atoms with E-state index in [4.69, 9.17) is 9.47 Å². The van der Waals surface area contributed by atoms with Crippen molar-refractivity contribution < 1.29 is 19.4 Å². The molecule has 0 saturated carbocycles. The number of carbonyl (C=O) groups excluding carboxylic acids is 1.